The minimum atomic E-state index is -3.50. The van der Waals surface area contributed by atoms with Gasteiger partial charge in [0, 0.05) is 29.9 Å². The third-order valence-electron chi connectivity index (χ3n) is 4.24. The number of hydrogen-bond donors (Lipinski definition) is 1. The molecule has 0 saturated carbocycles. The molecule has 3 aromatic rings. The number of hydrogen-bond acceptors (Lipinski definition) is 5. The van der Waals surface area contributed by atoms with Gasteiger partial charge in [-0.3, -0.25) is 4.79 Å². The summed E-state index contributed by atoms with van der Waals surface area (Å²) in [6.07, 6.45) is 2.76. The van der Waals surface area contributed by atoms with E-state index >= 15 is 0 Å². The van der Waals surface area contributed by atoms with Crippen molar-refractivity contribution in [2.24, 2.45) is 0 Å². The Morgan fingerprint density at radius 3 is 2.46 bits per heavy atom. The van der Waals surface area contributed by atoms with E-state index in [9.17, 15) is 18.0 Å². The van der Waals surface area contributed by atoms with Crippen LogP contribution in [0.1, 0.15) is 17.3 Å². The molecule has 0 fully saturated rings. The lowest BCUT2D eigenvalue weighted by Crippen LogP contribution is -2.22. The average molecular weight is 400 g/mol. The highest BCUT2D eigenvalue weighted by atomic mass is 32.2. The summed E-state index contributed by atoms with van der Waals surface area (Å²) in [7, 11) is -3.50. The van der Waals surface area contributed by atoms with Gasteiger partial charge in [0.2, 0.25) is 0 Å². The van der Waals surface area contributed by atoms with Gasteiger partial charge < -0.3 is 14.6 Å². The molecular formula is C20H20N2O5S. The smallest absolute Gasteiger partial charge is 0.340 e. The van der Waals surface area contributed by atoms with Crippen molar-refractivity contribution in [3.8, 4) is 0 Å². The zero-order valence-electron chi connectivity index (χ0n) is 15.5. The Kier molecular flexibility index (Phi) is 5.51. The number of nitrogens with zero attached hydrogens (tertiary/aromatic N) is 1. The van der Waals surface area contributed by atoms with Crippen molar-refractivity contribution in [3.05, 3.63) is 60.3 Å². The van der Waals surface area contributed by atoms with Crippen molar-refractivity contribution < 1.29 is 22.7 Å². The SMILES string of the molecule is CCn1cc(C(=O)OCC(=O)Nc2ccccc2S(C)(=O)=O)c2ccccc21. The van der Waals surface area contributed by atoms with Crippen LogP contribution in [0.3, 0.4) is 0 Å². The van der Waals surface area contributed by atoms with Crippen LogP contribution in [0.2, 0.25) is 0 Å². The number of rotatable bonds is 6. The Bertz CT molecular complexity index is 1150. The summed E-state index contributed by atoms with van der Waals surface area (Å²) < 4.78 is 30.7. The monoisotopic (exact) mass is 400 g/mol. The summed E-state index contributed by atoms with van der Waals surface area (Å²) in [5.41, 5.74) is 1.43. The molecule has 7 nitrogen and oxygen atoms in total. The Morgan fingerprint density at radius 2 is 1.75 bits per heavy atom. The quantitative estimate of drug-likeness (QED) is 0.642. The lowest BCUT2D eigenvalue weighted by Gasteiger charge is -2.10. The molecule has 1 N–H and O–H groups in total. The van der Waals surface area contributed by atoms with E-state index in [1.807, 2.05) is 35.8 Å². The molecule has 146 valence electrons. The second-order valence-corrected chi connectivity index (χ2v) is 8.22. The normalized spacial score (nSPS) is 11.4. The molecule has 28 heavy (non-hydrogen) atoms. The van der Waals surface area contributed by atoms with E-state index < -0.39 is 28.3 Å². The maximum absolute atomic E-state index is 12.5. The first kappa shape index (κ1) is 19.6. The van der Waals surface area contributed by atoms with Gasteiger partial charge in [-0.15, -0.1) is 0 Å². The number of benzene rings is 2. The largest absolute Gasteiger partial charge is 0.452 e. The Hall–Kier alpha value is -3.13. The van der Waals surface area contributed by atoms with E-state index in [4.69, 9.17) is 4.74 Å². The van der Waals surface area contributed by atoms with Crippen LogP contribution in [0, 0.1) is 0 Å². The van der Waals surface area contributed by atoms with Crippen molar-refractivity contribution in [3.63, 3.8) is 0 Å². The van der Waals surface area contributed by atoms with Crippen LogP contribution in [0.4, 0.5) is 5.69 Å². The molecule has 0 aliphatic heterocycles. The third kappa shape index (κ3) is 4.07. The topological polar surface area (TPSA) is 94.5 Å². The second-order valence-electron chi connectivity index (χ2n) is 6.24. The van der Waals surface area contributed by atoms with Crippen LogP contribution >= 0.6 is 0 Å². The zero-order chi connectivity index (χ0) is 20.3. The van der Waals surface area contributed by atoms with Crippen molar-refractivity contribution in [1.29, 1.82) is 0 Å². The fourth-order valence-electron chi connectivity index (χ4n) is 2.96. The van der Waals surface area contributed by atoms with Gasteiger partial charge in [0.25, 0.3) is 5.91 Å². The number of nitrogens with one attached hydrogen (secondary N) is 1. The molecule has 8 heteroatoms. The number of para-hydroxylation sites is 2. The van der Waals surface area contributed by atoms with Crippen LogP contribution in [0.15, 0.2) is 59.6 Å². The third-order valence-corrected chi connectivity index (χ3v) is 5.40. The van der Waals surface area contributed by atoms with Crippen LogP contribution in [-0.2, 0) is 25.9 Å². The van der Waals surface area contributed by atoms with Gasteiger partial charge in [0.1, 0.15) is 0 Å². The number of ether oxygens (including phenoxy) is 1. The van der Waals surface area contributed by atoms with E-state index in [0.29, 0.717) is 12.1 Å². The molecule has 0 bridgehead atoms. The highest BCUT2D eigenvalue weighted by molar-refractivity contribution is 7.90. The zero-order valence-corrected chi connectivity index (χ0v) is 16.3. The minimum absolute atomic E-state index is 0.000641. The Balaban J connectivity index is 1.72. The van der Waals surface area contributed by atoms with Crippen molar-refractivity contribution in [2.75, 3.05) is 18.2 Å². The number of sulfone groups is 1. The lowest BCUT2D eigenvalue weighted by atomic mass is 10.2. The van der Waals surface area contributed by atoms with Crippen molar-refractivity contribution >= 4 is 38.3 Å². The predicted molar refractivity (Wildman–Crippen MR) is 106 cm³/mol. The van der Waals surface area contributed by atoms with E-state index in [0.717, 1.165) is 17.2 Å². The van der Waals surface area contributed by atoms with Gasteiger partial charge in [0.15, 0.2) is 16.4 Å². The standard InChI is InChI=1S/C20H20N2O5S/c1-3-22-12-15(14-8-4-6-10-17(14)22)20(24)27-13-19(23)21-16-9-5-7-11-18(16)28(2,25)26/h4-12H,3,13H2,1-2H3,(H,21,23). The summed E-state index contributed by atoms with van der Waals surface area (Å²) in [4.78, 5) is 24.6. The average Bonchev–Trinajstić information content (AvgIpc) is 3.05. The highest BCUT2D eigenvalue weighted by Gasteiger charge is 2.18. The number of aryl methyl sites for hydroxylation is 1. The number of amides is 1. The molecule has 1 heterocycles. The van der Waals surface area contributed by atoms with E-state index in [2.05, 4.69) is 5.32 Å². The summed E-state index contributed by atoms with van der Waals surface area (Å²) >= 11 is 0. The molecule has 2 aromatic carbocycles. The van der Waals surface area contributed by atoms with Gasteiger partial charge in [-0.2, -0.15) is 0 Å². The molecule has 0 spiro atoms. The van der Waals surface area contributed by atoms with Gasteiger partial charge in [0.05, 0.1) is 16.1 Å². The lowest BCUT2D eigenvalue weighted by molar-refractivity contribution is -0.119. The molecular weight excluding hydrogens is 380 g/mol. The molecule has 3 rings (SSSR count). The number of aromatic nitrogens is 1. The van der Waals surface area contributed by atoms with Crippen molar-refractivity contribution in [1.82, 2.24) is 4.57 Å². The first-order valence-corrected chi connectivity index (χ1v) is 10.5. The van der Waals surface area contributed by atoms with Gasteiger partial charge in [-0.25, -0.2) is 13.2 Å². The first-order chi connectivity index (χ1) is 13.3. The Morgan fingerprint density at radius 1 is 1.07 bits per heavy atom. The minimum Gasteiger partial charge on any atom is -0.452 e. The van der Waals surface area contributed by atoms with E-state index in [-0.39, 0.29) is 10.6 Å². The molecule has 1 amide bonds. The number of carbonyl (C=O) groups is 2. The molecule has 0 aliphatic carbocycles. The summed E-state index contributed by atoms with van der Waals surface area (Å²) in [6.45, 7) is 2.13. The maximum atomic E-state index is 12.5. The van der Waals surface area contributed by atoms with Crippen molar-refractivity contribution in [2.45, 2.75) is 18.4 Å². The Labute approximate surface area is 162 Å². The fourth-order valence-corrected chi connectivity index (χ4v) is 3.80. The number of esters is 1. The molecule has 1 aromatic heterocycles. The van der Waals surface area contributed by atoms with Crippen LogP contribution in [0.25, 0.3) is 10.9 Å². The summed E-state index contributed by atoms with van der Waals surface area (Å²) in [6, 6.07) is 13.5. The van der Waals surface area contributed by atoms with Gasteiger partial charge >= 0.3 is 5.97 Å². The maximum Gasteiger partial charge on any atom is 0.340 e. The molecule has 0 atom stereocenters. The van der Waals surface area contributed by atoms with E-state index in [1.165, 1.54) is 12.1 Å². The first-order valence-electron chi connectivity index (χ1n) is 8.65. The van der Waals surface area contributed by atoms with Gasteiger partial charge in [-0.05, 0) is 25.1 Å². The van der Waals surface area contributed by atoms with Gasteiger partial charge in [-0.1, -0.05) is 30.3 Å². The molecule has 0 aliphatic rings. The summed E-state index contributed by atoms with van der Waals surface area (Å²) in [5, 5.41) is 3.22. The summed E-state index contributed by atoms with van der Waals surface area (Å²) in [5.74, 6) is -1.24. The highest BCUT2D eigenvalue weighted by Crippen LogP contribution is 2.23. The molecule has 0 unspecified atom stereocenters. The molecule has 0 saturated heterocycles. The number of fused-ring (bicyclic) bond motifs is 1. The fraction of sp³-hybridized carbons (Fsp3) is 0.200. The number of carbonyl (C=O) groups excluding carboxylic acids is 2. The van der Waals surface area contributed by atoms with E-state index in [1.54, 1.807) is 18.3 Å². The van der Waals surface area contributed by atoms with Crippen LogP contribution in [0.5, 0.6) is 0 Å². The predicted octanol–water partition coefficient (Wildman–Crippen LogP) is 2.86. The second kappa shape index (κ2) is 7.85. The molecule has 0 radical (unpaired) electrons. The van der Waals surface area contributed by atoms with Crippen LogP contribution < -0.4 is 5.32 Å². The number of anilines is 1. The van der Waals surface area contributed by atoms with Crippen LogP contribution in [-0.4, -0.2) is 37.7 Å².